The summed E-state index contributed by atoms with van der Waals surface area (Å²) in [6.07, 6.45) is 1.66. The number of aromatic nitrogens is 1. The van der Waals surface area contributed by atoms with Gasteiger partial charge in [-0.25, -0.2) is 4.98 Å². The first-order valence-corrected chi connectivity index (χ1v) is 10.5. The molecule has 158 valence electrons. The molecule has 0 spiro atoms. The number of hydrogen-bond donors (Lipinski definition) is 1. The smallest absolute Gasteiger partial charge is 0.315 e. The fourth-order valence-electron chi connectivity index (χ4n) is 3.92. The monoisotopic (exact) mass is 414 g/mol. The summed E-state index contributed by atoms with van der Waals surface area (Å²) in [5, 5.41) is 2.60. The number of nitrogens with one attached hydrogen (secondary N) is 1. The highest BCUT2D eigenvalue weighted by atomic mass is 16.2. The lowest BCUT2D eigenvalue weighted by atomic mass is 9.96. The van der Waals surface area contributed by atoms with Crippen LogP contribution in [0, 0.1) is 6.92 Å². The van der Waals surface area contributed by atoms with Crippen LogP contribution in [0.1, 0.15) is 22.7 Å². The summed E-state index contributed by atoms with van der Waals surface area (Å²) >= 11 is 0. The van der Waals surface area contributed by atoms with Gasteiger partial charge >= 0.3 is 11.8 Å². The molecule has 1 saturated heterocycles. The molecule has 2 heterocycles. The maximum atomic E-state index is 12.7. The summed E-state index contributed by atoms with van der Waals surface area (Å²) in [7, 11) is 0. The van der Waals surface area contributed by atoms with Crippen molar-refractivity contribution in [3.05, 3.63) is 95.7 Å². The number of benzene rings is 2. The van der Waals surface area contributed by atoms with Gasteiger partial charge < -0.3 is 10.2 Å². The SMILES string of the molecule is Cc1ccc(NC(=O)C(=O)N2CCN(C(c3ccccc3)c3ccccc3)CC2)nc1. The Morgan fingerprint density at radius 2 is 1.42 bits per heavy atom. The third kappa shape index (κ3) is 4.98. The van der Waals surface area contributed by atoms with Gasteiger partial charge in [0.05, 0.1) is 6.04 Å². The molecule has 0 radical (unpaired) electrons. The first kappa shape index (κ1) is 20.8. The number of nitrogens with zero attached hydrogens (tertiary/aromatic N) is 3. The number of amides is 2. The molecule has 0 bridgehead atoms. The zero-order chi connectivity index (χ0) is 21.6. The Labute approximate surface area is 182 Å². The summed E-state index contributed by atoms with van der Waals surface area (Å²) < 4.78 is 0. The van der Waals surface area contributed by atoms with Crippen molar-refractivity contribution in [2.75, 3.05) is 31.5 Å². The average Bonchev–Trinajstić information content (AvgIpc) is 2.82. The van der Waals surface area contributed by atoms with Crippen molar-refractivity contribution in [2.24, 2.45) is 0 Å². The number of carbonyl (C=O) groups excluding carboxylic acids is 2. The Bertz CT molecular complexity index is 975. The summed E-state index contributed by atoms with van der Waals surface area (Å²) in [5.41, 5.74) is 3.43. The van der Waals surface area contributed by atoms with Crippen LogP contribution in [-0.4, -0.2) is 52.8 Å². The molecule has 1 N–H and O–H groups in total. The van der Waals surface area contributed by atoms with Gasteiger partial charge in [0.25, 0.3) is 0 Å². The number of aryl methyl sites for hydroxylation is 1. The molecule has 31 heavy (non-hydrogen) atoms. The summed E-state index contributed by atoms with van der Waals surface area (Å²) in [6, 6.07) is 24.4. The van der Waals surface area contributed by atoms with Crippen LogP contribution >= 0.6 is 0 Å². The number of anilines is 1. The lowest BCUT2D eigenvalue weighted by Crippen LogP contribution is -2.52. The molecule has 3 aromatic rings. The zero-order valence-electron chi connectivity index (χ0n) is 17.6. The van der Waals surface area contributed by atoms with Crippen LogP contribution < -0.4 is 5.32 Å². The second kappa shape index (κ2) is 9.53. The molecule has 0 saturated carbocycles. The van der Waals surface area contributed by atoms with Crippen molar-refractivity contribution in [1.29, 1.82) is 0 Å². The number of piperazine rings is 1. The zero-order valence-corrected chi connectivity index (χ0v) is 17.6. The standard InChI is InChI=1S/C25H26N4O2/c1-19-12-13-22(26-18-19)27-24(30)25(31)29-16-14-28(15-17-29)23(20-8-4-2-5-9-20)21-10-6-3-7-11-21/h2-13,18,23H,14-17H2,1H3,(H,26,27,30). The lowest BCUT2D eigenvalue weighted by Gasteiger charge is -2.39. The van der Waals surface area contributed by atoms with Gasteiger partial charge in [0.2, 0.25) is 0 Å². The van der Waals surface area contributed by atoms with Crippen molar-refractivity contribution < 1.29 is 9.59 Å². The Kier molecular flexibility index (Phi) is 6.38. The molecule has 2 aromatic carbocycles. The molecule has 6 heteroatoms. The second-order valence-corrected chi connectivity index (χ2v) is 7.73. The summed E-state index contributed by atoms with van der Waals surface area (Å²) in [5.74, 6) is -0.777. The van der Waals surface area contributed by atoms with Crippen LogP contribution in [0.3, 0.4) is 0 Å². The first-order valence-electron chi connectivity index (χ1n) is 10.5. The predicted molar refractivity (Wildman–Crippen MR) is 120 cm³/mol. The van der Waals surface area contributed by atoms with Crippen molar-refractivity contribution in [1.82, 2.24) is 14.8 Å². The minimum Gasteiger partial charge on any atom is -0.332 e. The normalized spacial score (nSPS) is 14.5. The highest BCUT2D eigenvalue weighted by molar-refractivity contribution is 6.39. The molecule has 1 aromatic heterocycles. The van der Waals surface area contributed by atoms with Crippen molar-refractivity contribution >= 4 is 17.6 Å². The van der Waals surface area contributed by atoms with Gasteiger partial charge in [-0.1, -0.05) is 66.7 Å². The Hall–Kier alpha value is -3.51. The molecule has 1 aliphatic rings. The van der Waals surface area contributed by atoms with Crippen LogP contribution in [0.25, 0.3) is 0 Å². The maximum Gasteiger partial charge on any atom is 0.315 e. The molecule has 2 amide bonds. The van der Waals surface area contributed by atoms with Gasteiger partial charge in [0.1, 0.15) is 5.82 Å². The molecule has 0 atom stereocenters. The Balaban J connectivity index is 1.42. The lowest BCUT2D eigenvalue weighted by molar-refractivity contribution is -0.144. The van der Waals surface area contributed by atoms with Crippen molar-refractivity contribution in [2.45, 2.75) is 13.0 Å². The molecule has 1 aliphatic heterocycles. The largest absolute Gasteiger partial charge is 0.332 e. The van der Waals surface area contributed by atoms with E-state index in [9.17, 15) is 9.59 Å². The fourth-order valence-corrected chi connectivity index (χ4v) is 3.92. The van der Waals surface area contributed by atoms with E-state index in [2.05, 4.69) is 63.7 Å². The first-order chi connectivity index (χ1) is 15.1. The minimum atomic E-state index is -0.646. The highest BCUT2D eigenvalue weighted by Crippen LogP contribution is 2.29. The van der Waals surface area contributed by atoms with Crippen LogP contribution in [0.5, 0.6) is 0 Å². The van der Waals surface area contributed by atoms with Crippen LogP contribution in [0.4, 0.5) is 5.82 Å². The molecular formula is C25H26N4O2. The van der Waals surface area contributed by atoms with Crippen molar-refractivity contribution in [3.63, 3.8) is 0 Å². The van der Waals surface area contributed by atoms with Crippen molar-refractivity contribution in [3.8, 4) is 0 Å². The number of pyridine rings is 1. The van der Waals surface area contributed by atoms with E-state index >= 15 is 0 Å². The molecule has 1 fully saturated rings. The van der Waals surface area contributed by atoms with E-state index in [1.165, 1.54) is 11.1 Å². The van der Waals surface area contributed by atoms with E-state index < -0.39 is 11.8 Å². The summed E-state index contributed by atoms with van der Waals surface area (Å²) in [4.78, 5) is 33.2. The van der Waals surface area contributed by atoms with Gasteiger partial charge in [-0.15, -0.1) is 0 Å². The van der Waals surface area contributed by atoms with Gasteiger partial charge in [0, 0.05) is 32.4 Å². The fraction of sp³-hybridized carbons (Fsp3) is 0.240. The maximum absolute atomic E-state index is 12.7. The molecular weight excluding hydrogens is 388 g/mol. The Morgan fingerprint density at radius 3 is 1.94 bits per heavy atom. The van der Waals surface area contributed by atoms with Crippen LogP contribution in [0.15, 0.2) is 79.0 Å². The van der Waals surface area contributed by atoms with E-state index in [0.29, 0.717) is 32.0 Å². The second-order valence-electron chi connectivity index (χ2n) is 7.73. The predicted octanol–water partition coefficient (Wildman–Crippen LogP) is 3.26. The summed E-state index contributed by atoms with van der Waals surface area (Å²) in [6.45, 7) is 4.31. The van der Waals surface area contributed by atoms with Gasteiger partial charge in [-0.05, 0) is 29.7 Å². The third-order valence-electron chi connectivity index (χ3n) is 5.54. The van der Waals surface area contributed by atoms with E-state index in [1.54, 1.807) is 17.2 Å². The van der Waals surface area contributed by atoms with E-state index in [0.717, 1.165) is 5.56 Å². The van der Waals surface area contributed by atoms with Gasteiger partial charge in [-0.3, -0.25) is 14.5 Å². The minimum absolute atomic E-state index is 0.116. The van der Waals surface area contributed by atoms with Crippen LogP contribution in [0.2, 0.25) is 0 Å². The van der Waals surface area contributed by atoms with Crippen LogP contribution in [-0.2, 0) is 9.59 Å². The number of carbonyl (C=O) groups is 2. The third-order valence-corrected chi connectivity index (χ3v) is 5.54. The molecule has 0 unspecified atom stereocenters. The van der Waals surface area contributed by atoms with E-state index in [1.807, 2.05) is 25.1 Å². The van der Waals surface area contributed by atoms with Gasteiger partial charge in [0.15, 0.2) is 0 Å². The average molecular weight is 415 g/mol. The Morgan fingerprint density at radius 1 is 0.839 bits per heavy atom. The van der Waals surface area contributed by atoms with E-state index in [4.69, 9.17) is 0 Å². The topological polar surface area (TPSA) is 65.5 Å². The van der Waals surface area contributed by atoms with Gasteiger partial charge in [-0.2, -0.15) is 0 Å². The highest BCUT2D eigenvalue weighted by Gasteiger charge is 2.30. The number of rotatable bonds is 4. The molecule has 6 nitrogen and oxygen atoms in total. The van der Waals surface area contributed by atoms with E-state index in [-0.39, 0.29) is 6.04 Å². The molecule has 0 aliphatic carbocycles. The number of hydrogen-bond acceptors (Lipinski definition) is 4. The molecule has 4 rings (SSSR count). The quantitative estimate of drug-likeness (QED) is 0.666.